The van der Waals surface area contributed by atoms with Crippen LogP contribution >= 0.6 is 0 Å². The molecule has 1 aliphatic carbocycles. The number of imidazole rings is 1. The Labute approximate surface area is 173 Å². The van der Waals surface area contributed by atoms with Gasteiger partial charge in [-0.2, -0.15) is 13.2 Å². The van der Waals surface area contributed by atoms with E-state index in [1.807, 2.05) is 12.1 Å². The summed E-state index contributed by atoms with van der Waals surface area (Å²) in [6.07, 6.45) is 1.99. The first kappa shape index (κ1) is 20.4. The number of carbonyl (C=O) groups is 1. The van der Waals surface area contributed by atoms with E-state index in [1.54, 1.807) is 6.07 Å². The number of aromatic nitrogens is 2. The lowest BCUT2D eigenvalue weighted by molar-refractivity contribution is -0.137. The molecule has 2 aromatic carbocycles. The number of benzene rings is 2. The molecule has 0 atom stereocenters. The summed E-state index contributed by atoms with van der Waals surface area (Å²) in [5.41, 5.74) is 0.889. The van der Waals surface area contributed by atoms with E-state index in [0.717, 1.165) is 42.2 Å². The zero-order valence-electron chi connectivity index (χ0n) is 16.8. The summed E-state index contributed by atoms with van der Waals surface area (Å²) in [6, 6.07) is 10.5. The van der Waals surface area contributed by atoms with Gasteiger partial charge in [0.2, 0.25) is 0 Å². The molecule has 1 aromatic heterocycles. The van der Waals surface area contributed by atoms with Gasteiger partial charge in [-0.3, -0.25) is 4.79 Å². The number of hydrogen-bond donors (Lipinski definition) is 1. The van der Waals surface area contributed by atoms with E-state index in [1.165, 1.54) is 37.5 Å². The lowest BCUT2D eigenvalue weighted by atomic mass is 9.95. The lowest BCUT2D eigenvalue weighted by Crippen LogP contribution is -2.18. The fourth-order valence-corrected chi connectivity index (χ4v) is 4.34. The van der Waals surface area contributed by atoms with Crippen molar-refractivity contribution in [2.75, 3.05) is 5.32 Å². The van der Waals surface area contributed by atoms with Gasteiger partial charge >= 0.3 is 6.18 Å². The van der Waals surface area contributed by atoms with Crippen molar-refractivity contribution >= 4 is 22.6 Å². The standard InChI is InChI=1S/C23H24F3N3O/c1-2-21-28-19-13-12-15(14-20(19)29(21)16-8-4-3-5-9-16)27-22(30)17-10-6-7-11-18(17)23(24,25)26/h6-7,10-14,16H,2-5,8-9H2,1H3,(H,27,30). The number of anilines is 1. The van der Waals surface area contributed by atoms with Gasteiger partial charge in [0.1, 0.15) is 5.82 Å². The van der Waals surface area contributed by atoms with Crippen LogP contribution in [0.25, 0.3) is 11.0 Å². The predicted molar refractivity (Wildman–Crippen MR) is 111 cm³/mol. The minimum Gasteiger partial charge on any atom is -0.325 e. The summed E-state index contributed by atoms with van der Waals surface area (Å²) in [5.74, 6) is 0.226. The highest BCUT2D eigenvalue weighted by Gasteiger charge is 2.34. The first-order valence-electron chi connectivity index (χ1n) is 10.4. The summed E-state index contributed by atoms with van der Waals surface area (Å²) in [5, 5.41) is 2.64. The van der Waals surface area contributed by atoms with Gasteiger partial charge in [-0.05, 0) is 43.2 Å². The Morgan fingerprint density at radius 3 is 2.57 bits per heavy atom. The number of hydrogen-bond acceptors (Lipinski definition) is 2. The molecule has 1 amide bonds. The van der Waals surface area contributed by atoms with Crippen LogP contribution in [-0.2, 0) is 12.6 Å². The van der Waals surface area contributed by atoms with Crippen LogP contribution in [0.4, 0.5) is 18.9 Å². The molecule has 0 radical (unpaired) electrons. The molecule has 30 heavy (non-hydrogen) atoms. The van der Waals surface area contributed by atoms with E-state index in [9.17, 15) is 18.0 Å². The summed E-state index contributed by atoms with van der Waals surface area (Å²) in [4.78, 5) is 17.4. The molecule has 7 heteroatoms. The Hall–Kier alpha value is -2.83. The van der Waals surface area contributed by atoms with Crippen LogP contribution in [0.3, 0.4) is 0 Å². The number of alkyl halides is 3. The molecule has 4 nitrogen and oxygen atoms in total. The second-order valence-corrected chi connectivity index (χ2v) is 7.74. The first-order valence-corrected chi connectivity index (χ1v) is 10.4. The maximum Gasteiger partial charge on any atom is 0.417 e. The van der Waals surface area contributed by atoms with E-state index in [-0.39, 0.29) is 5.56 Å². The van der Waals surface area contributed by atoms with Crippen LogP contribution in [0.15, 0.2) is 42.5 Å². The van der Waals surface area contributed by atoms with Crippen LogP contribution in [-0.4, -0.2) is 15.5 Å². The van der Waals surface area contributed by atoms with E-state index in [0.29, 0.717) is 11.7 Å². The van der Waals surface area contributed by atoms with Gasteiger partial charge in [-0.25, -0.2) is 4.98 Å². The van der Waals surface area contributed by atoms with Crippen molar-refractivity contribution in [3.8, 4) is 0 Å². The largest absolute Gasteiger partial charge is 0.417 e. The molecule has 0 spiro atoms. The number of rotatable bonds is 4. The summed E-state index contributed by atoms with van der Waals surface area (Å²) in [6.45, 7) is 2.07. The summed E-state index contributed by atoms with van der Waals surface area (Å²) >= 11 is 0. The zero-order valence-corrected chi connectivity index (χ0v) is 16.8. The Morgan fingerprint density at radius 1 is 1.13 bits per heavy atom. The second-order valence-electron chi connectivity index (χ2n) is 7.74. The Kier molecular flexibility index (Phi) is 5.54. The van der Waals surface area contributed by atoms with Crippen molar-refractivity contribution < 1.29 is 18.0 Å². The van der Waals surface area contributed by atoms with Crippen LogP contribution in [0.2, 0.25) is 0 Å². The topological polar surface area (TPSA) is 46.9 Å². The van der Waals surface area contributed by atoms with Gasteiger partial charge in [0.15, 0.2) is 0 Å². The number of nitrogens with one attached hydrogen (secondary N) is 1. The molecule has 0 aliphatic heterocycles. The zero-order chi connectivity index (χ0) is 21.3. The Balaban J connectivity index is 1.68. The molecular formula is C23H24F3N3O. The average molecular weight is 415 g/mol. The van der Waals surface area contributed by atoms with E-state index in [2.05, 4.69) is 16.8 Å². The molecule has 158 valence electrons. The third kappa shape index (κ3) is 3.93. The number of carbonyl (C=O) groups excluding carboxylic acids is 1. The highest BCUT2D eigenvalue weighted by atomic mass is 19.4. The smallest absolute Gasteiger partial charge is 0.325 e. The molecule has 1 N–H and O–H groups in total. The number of nitrogens with zero attached hydrogens (tertiary/aromatic N) is 2. The van der Waals surface area contributed by atoms with E-state index >= 15 is 0 Å². The van der Waals surface area contributed by atoms with Gasteiger partial charge in [-0.1, -0.05) is 38.3 Å². The number of aryl methyl sites for hydroxylation is 1. The predicted octanol–water partition coefficient (Wildman–Crippen LogP) is 6.38. The maximum absolute atomic E-state index is 13.3. The number of fused-ring (bicyclic) bond motifs is 1. The number of halogens is 3. The molecule has 0 bridgehead atoms. The minimum atomic E-state index is -4.59. The molecule has 1 heterocycles. The van der Waals surface area contributed by atoms with Crippen molar-refractivity contribution in [3.05, 3.63) is 59.4 Å². The van der Waals surface area contributed by atoms with Crippen LogP contribution < -0.4 is 5.32 Å². The van der Waals surface area contributed by atoms with Gasteiger partial charge in [-0.15, -0.1) is 0 Å². The minimum absolute atomic E-state index is 0.371. The van der Waals surface area contributed by atoms with Crippen LogP contribution in [0, 0.1) is 0 Å². The molecule has 0 saturated heterocycles. The van der Waals surface area contributed by atoms with Crippen molar-refractivity contribution in [1.29, 1.82) is 0 Å². The van der Waals surface area contributed by atoms with Crippen molar-refractivity contribution in [2.24, 2.45) is 0 Å². The van der Waals surface area contributed by atoms with E-state index in [4.69, 9.17) is 4.98 Å². The number of amides is 1. The maximum atomic E-state index is 13.3. The molecule has 0 unspecified atom stereocenters. The fraction of sp³-hybridized carbons (Fsp3) is 0.391. The highest BCUT2D eigenvalue weighted by Crippen LogP contribution is 2.34. The molecule has 1 fully saturated rings. The summed E-state index contributed by atoms with van der Waals surface area (Å²) < 4.78 is 42.1. The molecule has 3 aromatic rings. The lowest BCUT2D eigenvalue weighted by Gasteiger charge is -2.25. The SMILES string of the molecule is CCc1nc2ccc(NC(=O)c3ccccc3C(F)(F)F)cc2n1C1CCCCC1. The quantitative estimate of drug-likeness (QED) is 0.538. The second kappa shape index (κ2) is 8.13. The Morgan fingerprint density at radius 2 is 1.87 bits per heavy atom. The third-order valence-corrected chi connectivity index (χ3v) is 5.75. The highest BCUT2D eigenvalue weighted by molar-refractivity contribution is 6.06. The van der Waals surface area contributed by atoms with Gasteiger partial charge in [0.05, 0.1) is 22.2 Å². The Bertz CT molecular complexity index is 1070. The van der Waals surface area contributed by atoms with Crippen molar-refractivity contribution in [1.82, 2.24) is 9.55 Å². The fourth-order valence-electron chi connectivity index (χ4n) is 4.34. The molecular weight excluding hydrogens is 391 g/mol. The van der Waals surface area contributed by atoms with Gasteiger partial charge < -0.3 is 9.88 Å². The molecule has 1 saturated carbocycles. The van der Waals surface area contributed by atoms with E-state index < -0.39 is 17.6 Å². The average Bonchev–Trinajstić information content (AvgIpc) is 3.11. The van der Waals surface area contributed by atoms with Crippen LogP contribution in [0.1, 0.15) is 66.8 Å². The van der Waals surface area contributed by atoms with Crippen LogP contribution in [0.5, 0.6) is 0 Å². The van der Waals surface area contributed by atoms with Crippen molar-refractivity contribution in [2.45, 2.75) is 57.7 Å². The first-order chi connectivity index (χ1) is 14.4. The van der Waals surface area contributed by atoms with Gasteiger partial charge in [0, 0.05) is 18.2 Å². The normalized spacial score (nSPS) is 15.5. The summed E-state index contributed by atoms with van der Waals surface area (Å²) in [7, 11) is 0. The molecule has 1 aliphatic rings. The van der Waals surface area contributed by atoms with Gasteiger partial charge in [0.25, 0.3) is 5.91 Å². The van der Waals surface area contributed by atoms with Crippen molar-refractivity contribution in [3.63, 3.8) is 0 Å². The third-order valence-electron chi connectivity index (χ3n) is 5.75. The monoisotopic (exact) mass is 415 g/mol. The molecule has 4 rings (SSSR count).